The van der Waals surface area contributed by atoms with Gasteiger partial charge < -0.3 is 60.5 Å². The van der Waals surface area contributed by atoms with Gasteiger partial charge in [-0.3, -0.25) is 19.2 Å². The molecule has 4 aliphatic heterocycles. The lowest BCUT2D eigenvalue weighted by atomic mass is 10.0. The lowest BCUT2D eigenvalue weighted by Crippen LogP contribution is -2.52. The molecular formula is C81H80F2N24O12S4. The Balaban J connectivity index is 0.000000141. The van der Waals surface area contributed by atoms with Gasteiger partial charge >= 0.3 is 0 Å². The number of carbonyl (C=O) groups excluding carboxylic acids is 4. The van der Waals surface area contributed by atoms with E-state index in [1.165, 1.54) is 96.8 Å². The molecule has 123 heavy (non-hydrogen) atoms. The van der Waals surface area contributed by atoms with E-state index < -0.39 is 81.8 Å². The molecule has 4 amide bonds. The number of benzene rings is 8. The predicted molar refractivity (Wildman–Crippen MR) is 461 cm³/mol. The fourth-order valence-corrected chi connectivity index (χ4v) is 15.8. The van der Waals surface area contributed by atoms with Crippen LogP contribution in [0.1, 0.15) is 40.4 Å². The third kappa shape index (κ3) is 19.1. The van der Waals surface area contributed by atoms with Gasteiger partial charge in [0, 0.05) is 85.6 Å². The van der Waals surface area contributed by atoms with Crippen molar-refractivity contribution in [2.24, 2.45) is 20.6 Å². The second-order valence-corrected chi connectivity index (χ2v) is 34.5. The van der Waals surface area contributed by atoms with E-state index in [0.29, 0.717) is 87.2 Å². The van der Waals surface area contributed by atoms with Crippen molar-refractivity contribution in [3.8, 4) is 0 Å². The normalized spacial score (nSPS) is 16.3. The fourth-order valence-electron chi connectivity index (χ4n) is 13.7. The number of fused-ring (bicyclic) bond motifs is 4. The molecule has 8 heterocycles. The largest absolute Gasteiger partial charge is 0.345 e. The number of sulfonamides is 4. The lowest BCUT2D eigenvalue weighted by Gasteiger charge is -2.38. The quantitative estimate of drug-likeness (QED) is 0.0425. The van der Waals surface area contributed by atoms with E-state index in [1.807, 2.05) is 127 Å². The molecule has 16 rings (SSSR count). The molecule has 4 aliphatic rings. The van der Waals surface area contributed by atoms with Crippen LogP contribution >= 0.6 is 0 Å². The second-order valence-electron chi connectivity index (χ2n) is 28.3. The van der Waals surface area contributed by atoms with Gasteiger partial charge in [0.1, 0.15) is 58.6 Å². The Kier molecular flexibility index (Phi) is 24.9. The molecular weight excluding hydrogens is 1670 g/mol. The first-order valence-electron chi connectivity index (χ1n) is 37.0. The van der Waals surface area contributed by atoms with Crippen molar-refractivity contribution in [1.29, 1.82) is 0 Å². The molecule has 634 valence electrons. The maximum atomic E-state index is 14.4. The molecule has 3 unspecified atom stereocenters. The Morgan fingerprint density at radius 2 is 0.569 bits per heavy atom. The van der Waals surface area contributed by atoms with Crippen LogP contribution in [-0.2, 0) is 65.7 Å². The number of amides is 4. The average Bonchev–Trinajstić information content (AvgIpc) is 0.747. The van der Waals surface area contributed by atoms with E-state index in [0.717, 1.165) is 28.8 Å². The van der Waals surface area contributed by atoms with E-state index in [1.54, 1.807) is 90.8 Å². The topological polar surface area (TPSA) is 486 Å². The van der Waals surface area contributed by atoms with Gasteiger partial charge in [-0.15, -0.1) is 0 Å². The predicted octanol–water partition coefficient (Wildman–Crippen LogP) is 8.23. The number of nitrogens with one attached hydrogen (secondary N) is 4. The molecule has 36 nitrogen and oxygen atoms in total. The van der Waals surface area contributed by atoms with E-state index in [9.17, 15) is 61.6 Å². The van der Waals surface area contributed by atoms with E-state index in [2.05, 4.69) is 61.1 Å². The standard InChI is InChI=1S/C21H22N6O3S.C20H18F2N6O3S.2C20H20N6O3S/c1-26-17(12-14-6-4-3-5-7-14)20(28)27(2)18-13-23-21(25-19(18)26)24-15-8-10-16(11-9-15)31(22,29)30;1-27-15-10-24-20(25-11-6-8-12(9-7-11)32(23,30)31)26-18(15)28(2)17(19(27)29)16-13(21)4-3-5-14(16)22;2*1-25-16-12-22-20(23-14-8-10-15(11-9-14)30(21,28)29)24-18(16)26(2)17(19(25)27)13-6-4-3-5-7-13/h3-11,13,17H,12H2,1-2H3,(H2,22,29,30)(H,23,24,25);3-10,17H,1-2H3,(H2,23,30,31)(H,24,25,26);2*3-12,17H,1-2H3,(H2,21,28,29)(H,22,23,24)/t;;17-;/m..0./s1. The molecule has 0 fully saturated rings. The Bertz CT molecular complexity index is 6290. The molecule has 4 aromatic heterocycles. The van der Waals surface area contributed by atoms with Gasteiger partial charge in [0.05, 0.1) is 49.9 Å². The third-order valence-corrected chi connectivity index (χ3v) is 24.0. The summed E-state index contributed by atoms with van der Waals surface area (Å²) in [6.07, 6.45) is 6.72. The number of likely N-dealkylation sites (N-methyl/N-ethyl adjacent to an activating group) is 8. The Labute approximate surface area is 706 Å². The number of nitrogens with two attached hydrogens (primary N) is 4. The minimum atomic E-state index is -3.83. The molecule has 42 heteroatoms. The minimum Gasteiger partial charge on any atom is -0.345 e. The molecule has 0 saturated carbocycles. The van der Waals surface area contributed by atoms with Crippen LogP contribution in [0.25, 0.3) is 0 Å². The van der Waals surface area contributed by atoms with Crippen LogP contribution in [-0.4, -0.2) is 160 Å². The number of carbonyl (C=O) groups is 4. The van der Waals surface area contributed by atoms with Gasteiger partial charge in [0.15, 0.2) is 23.3 Å². The second kappa shape index (κ2) is 35.3. The summed E-state index contributed by atoms with van der Waals surface area (Å²) in [5, 5.41) is 32.5. The van der Waals surface area contributed by atoms with Crippen LogP contribution in [0.2, 0.25) is 0 Å². The third-order valence-electron chi connectivity index (χ3n) is 20.3. The average molecular weight is 1750 g/mol. The highest BCUT2D eigenvalue weighted by Gasteiger charge is 2.43. The Hall–Kier alpha value is -14.1. The highest BCUT2D eigenvalue weighted by atomic mass is 32.2. The van der Waals surface area contributed by atoms with Gasteiger partial charge in [-0.2, -0.15) is 19.9 Å². The summed E-state index contributed by atoms with van der Waals surface area (Å²) in [6.45, 7) is 0. The molecule has 4 atom stereocenters. The molecule has 12 N–H and O–H groups in total. The van der Waals surface area contributed by atoms with Crippen LogP contribution in [0.15, 0.2) is 251 Å². The van der Waals surface area contributed by atoms with Crippen LogP contribution in [0, 0.1) is 11.6 Å². The maximum Gasteiger partial charge on any atom is 0.254 e. The number of hydrogen-bond donors (Lipinski definition) is 8. The number of halogens is 2. The molecule has 0 saturated heterocycles. The van der Waals surface area contributed by atoms with Crippen LogP contribution in [0.4, 0.5) is 101 Å². The van der Waals surface area contributed by atoms with Crippen LogP contribution < -0.4 is 81.0 Å². The number of nitrogens with zero attached hydrogens (tertiary/aromatic N) is 16. The summed E-state index contributed by atoms with van der Waals surface area (Å²) in [7, 11) is -1.52. The van der Waals surface area contributed by atoms with Crippen molar-refractivity contribution < 1.29 is 61.6 Å². The van der Waals surface area contributed by atoms with Gasteiger partial charge in [0.25, 0.3) is 17.7 Å². The number of hydrogen-bond acceptors (Lipinski definition) is 28. The zero-order chi connectivity index (χ0) is 88.3. The van der Waals surface area contributed by atoms with Crippen molar-refractivity contribution in [2.75, 3.05) is 117 Å². The maximum absolute atomic E-state index is 14.4. The first kappa shape index (κ1) is 86.7. The molecule has 0 aliphatic carbocycles. The van der Waals surface area contributed by atoms with E-state index >= 15 is 0 Å². The summed E-state index contributed by atoms with van der Waals surface area (Å²) < 4.78 is 120. The van der Waals surface area contributed by atoms with Crippen molar-refractivity contribution in [2.45, 2.75) is 50.2 Å². The lowest BCUT2D eigenvalue weighted by molar-refractivity contribution is -0.120. The van der Waals surface area contributed by atoms with Gasteiger partial charge in [-0.05, 0) is 126 Å². The Morgan fingerprint density at radius 1 is 0.317 bits per heavy atom. The molecule has 0 bridgehead atoms. The van der Waals surface area contributed by atoms with E-state index in [4.69, 9.17) is 20.6 Å². The summed E-state index contributed by atoms with van der Waals surface area (Å²) in [5.74, 6) is 0.826. The number of rotatable bonds is 17. The Morgan fingerprint density at radius 3 is 0.854 bits per heavy atom. The van der Waals surface area contributed by atoms with Gasteiger partial charge in [0.2, 0.25) is 69.8 Å². The highest BCUT2D eigenvalue weighted by Crippen LogP contribution is 2.44. The molecule has 8 aromatic carbocycles. The van der Waals surface area contributed by atoms with Gasteiger partial charge in [-0.25, -0.2) is 82.9 Å². The number of anilines is 16. The highest BCUT2D eigenvalue weighted by molar-refractivity contribution is 7.90. The van der Waals surface area contributed by atoms with Crippen LogP contribution in [0.5, 0.6) is 0 Å². The fraction of sp³-hybridized carbons (Fsp3) is 0.160. The first-order chi connectivity index (χ1) is 58.3. The number of primary sulfonamides is 4. The van der Waals surface area contributed by atoms with Crippen molar-refractivity contribution in [3.05, 3.63) is 265 Å². The van der Waals surface area contributed by atoms with Crippen molar-refractivity contribution in [1.82, 2.24) is 39.9 Å². The monoisotopic (exact) mass is 1750 g/mol. The van der Waals surface area contributed by atoms with Gasteiger partial charge in [-0.1, -0.05) is 97.1 Å². The SMILES string of the molecule is CN1C(=O)C(Cc2ccccc2)N(C)c2nc(Nc3ccc(S(N)(=O)=O)cc3)ncc21.CN1C(=O)C(c2c(F)cccc2F)N(C)c2nc(Nc3ccc(S(N)(=O)=O)cc3)ncc21.CN1C(=O)C(c2ccccc2)N(C)c2nc(Nc3ccc(S(N)(=O)=O)cc3)ncc21.CN1C(=O)[C@H](c2ccccc2)N(C)c2nc(Nc3ccc(S(N)(=O)=O)cc3)ncc21. The van der Waals surface area contributed by atoms with Crippen molar-refractivity contribution in [3.63, 3.8) is 0 Å². The number of aromatic nitrogens is 8. The van der Waals surface area contributed by atoms with E-state index in [-0.39, 0.29) is 54.6 Å². The zero-order valence-corrected chi connectivity index (χ0v) is 70.0. The molecule has 0 spiro atoms. The smallest absolute Gasteiger partial charge is 0.254 e. The summed E-state index contributed by atoms with van der Waals surface area (Å²) in [4.78, 5) is 99.8. The zero-order valence-electron chi connectivity index (χ0n) is 66.7. The summed E-state index contributed by atoms with van der Waals surface area (Å²) in [6, 6.07) is 53.1. The minimum absolute atomic E-state index is 0.0185. The summed E-state index contributed by atoms with van der Waals surface area (Å²) in [5.41, 5.74) is 6.91. The first-order valence-corrected chi connectivity index (χ1v) is 43.2. The summed E-state index contributed by atoms with van der Waals surface area (Å²) >= 11 is 0. The van der Waals surface area contributed by atoms with Crippen LogP contribution in [0.3, 0.4) is 0 Å². The van der Waals surface area contributed by atoms with Crippen molar-refractivity contribution >= 4 is 156 Å². The molecule has 12 aromatic rings. The molecule has 0 radical (unpaired) electrons.